The van der Waals surface area contributed by atoms with E-state index in [1.54, 1.807) is 11.3 Å². The number of rotatable bonds is 6. The van der Waals surface area contributed by atoms with Crippen LogP contribution in [0.3, 0.4) is 0 Å². The highest BCUT2D eigenvalue weighted by atomic mass is 32.2. The molecule has 0 atom stereocenters. The van der Waals surface area contributed by atoms with E-state index in [4.69, 9.17) is 4.52 Å². The van der Waals surface area contributed by atoms with Crippen molar-refractivity contribution in [3.8, 4) is 11.4 Å². The number of nitrogens with one attached hydrogen (secondary N) is 1. The minimum atomic E-state index is 0.565. The van der Waals surface area contributed by atoms with E-state index in [1.807, 2.05) is 22.9 Å². The third kappa shape index (κ3) is 3.95. The molecular weight excluding hydrogens is 386 g/mol. The molecule has 0 saturated carbocycles. The van der Waals surface area contributed by atoms with Crippen LogP contribution in [0.25, 0.3) is 11.4 Å². The quantitative estimate of drug-likeness (QED) is 0.439. The van der Waals surface area contributed by atoms with Gasteiger partial charge >= 0.3 is 0 Å². The van der Waals surface area contributed by atoms with E-state index in [-0.39, 0.29) is 0 Å². The van der Waals surface area contributed by atoms with Crippen LogP contribution in [0, 0.1) is 13.8 Å². The highest BCUT2D eigenvalue weighted by molar-refractivity contribution is 8.00. The minimum Gasteiger partial charge on any atom is -0.338 e. The molecule has 4 rings (SSSR count). The molecule has 0 amide bonds. The lowest BCUT2D eigenvalue weighted by molar-refractivity contribution is 0.391. The van der Waals surface area contributed by atoms with Gasteiger partial charge < -0.3 is 9.84 Å². The van der Waals surface area contributed by atoms with E-state index in [0.717, 1.165) is 20.7 Å². The average molecular weight is 402 g/mol. The molecule has 0 fully saturated rings. The molecule has 3 heterocycles. The molecule has 0 unspecified atom stereocenters. The summed E-state index contributed by atoms with van der Waals surface area (Å²) >= 11 is 4.64. The van der Waals surface area contributed by atoms with Crippen molar-refractivity contribution in [1.82, 2.24) is 20.3 Å². The fraction of sp³-hybridized carbons (Fsp3) is 0.176. The second-order valence-electron chi connectivity index (χ2n) is 5.61. The molecule has 132 valence electrons. The Balaban J connectivity index is 1.37. The largest absolute Gasteiger partial charge is 0.338 e. The maximum Gasteiger partial charge on any atom is 0.237 e. The van der Waals surface area contributed by atoms with E-state index in [0.29, 0.717) is 17.5 Å². The summed E-state index contributed by atoms with van der Waals surface area (Å²) in [5.74, 6) is 1.77. The van der Waals surface area contributed by atoms with Crippen LogP contribution in [0.15, 0.2) is 43.9 Å². The van der Waals surface area contributed by atoms with Crippen LogP contribution in [-0.4, -0.2) is 20.3 Å². The van der Waals surface area contributed by atoms with Gasteiger partial charge in [0.25, 0.3) is 0 Å². The monoisotopic (exact) mass is 401 g/mol. The molecule has 6 nitrogen and oxygen atoms in total. The zero-order chi connectivity index (χ0) is 17.9. The van der Waals surface area contributed by atoms with Crippen LogP contribution < -0.4 is 5.32 Å². The number of hydrogen-bond donors (Lipinski definition) is 1. The van der Waals surface area contributed by atoms with Crippen molar-refractivity contribution in [2.75, 3.05) is 5.32 Å². The van der Waals surface area contributed by atoms with Gasteiger partial charge in [0, 0.05) is 16.6 Å². The number of benzene rings is 1. The van der Waals surface area contributed by atoms with E-state index in [1.165, 1.54) is 34.2 Å². The molecule has 4 aromatic rings. The first-order chi connectivity index (χ1) is 12.7. The number of hydrogen-bond acceptors (Lipinski definition) is 9. The van der Waals surface area contributed by atoms with Crippen molar-refractivity contribution in [1.29, 1.82) is 0 Å². The molecule has 1 N–H and O–H groups in total. The lowest BCUT2D eigenvalue weighted by Gasteiger charge is -2.05. The lowest BCUT2D eigenvalue weighted by atomic mass is 10.1. The zero-order valence-corrected chi connectivity index (χ0v) is 16.5. The molecule has 0 spiro atoms. The van der Waals surface area contributed by atoms with Crippen molar-refractivity contribution in [3.05, 3.63) is 52.0 Å². The lowest BCUT2D eigenvalue weighted by Crippen LogP contribution is -1.91. The third-order valence-electron chi connectivity index (χ3n) is 3.73. The molecule has 9 heteroatoms. The van der Waals surface area contributed by atoms with Gasteiger partial charge in [-0.2, -0.15) is 16.3 Å². The standard InChI is InChI=1S/C17H15N5OS3/c1-10-3-4-13(7-11(10)2)18-16-20-21-17(26-16)25-9-14-19-15(22-23-14)12-5-6-24-8-12/h3-8H,9H2,1-2H3,(H,18,20). The fourth-order valence-corrected chi connectivity index (χ4v) is 4.45. The van der Waals surface area contributed by atoms with Crippen molar-refractivity contribution in [2.45, 2.75) is 23.9 Å². The van der Waals surface area contributed by atoms with Gasteiger partial charge in [-0.05, 0) is 48.6 Å². The van der Waals surface area contributed by atoms with Gasteiger partial charge in [-0.3, -0.25) is 0 Å². The highest BCUT2D eigenvalue weighted by Crippen LogP contribution is 2.30. The predicted molar refractivity (Wildman–Crippen MR) is 106 cm³/mol. The molecule has 0 bridgehead atoms. The van der Waals surface area contributed by atoms with Gasteiger partial charge in [0.1, 0.15) is 0 Å². The van der Waals surface area contributed by atoms with Gasteiger partial charge in [0.15, 0.2) is 4.34 Å². The summed E-state index contributed by atoms with van der Waals surface area (Å²) in [5.41, 5.74) is 4.50. The highest BCUT2D eigenvalue weighted by Gasteiger charge is 2.11. The summed E-state index contributed by atoms with van der Waals surface area (Å²) < 4.78 is 6.15. The Morgan fingerprint density at radius 3 is 2.88 bits per heavy atom. The Morgan fingerprint density at radius 2 is 2.08 bits per heavy atom. The van der Waals surface area contributed by atoms with Crippen LogP contribution in [0.5, 0.6) is 0 Å². The first kappa shape index (κ1) is 17.2. The van der Waals surface area contributed by atoms with E-state index < -0.39 is 0 Å². The van der Waals surface area contributed by atoms with Crippen LogP contribution in [0.2, 0.25) is 0 Å². The number of aryl methyl sites for hydroxylation is 2. The van der Waals surface area contributed by atoms with Crippen molar-refractivity contribution >= 4 is 45.3 Å². The summed E-state index contributed by atoms with van der Waals surface area (Å²) in [6.45, 7) is 4.19. The normalized spacial score (nSPS) is 11.0. The summed E-state index contributed by atoms with van der Waals surface area (Å²) in [5, 5.41) is 20.5. The molecule has 0 radical (unpaired) electrons. The zero-order valence-electron chi connectivity index (χ0n) is 14.1. The maximum atomic E-state index is 5.30. The fourth-order valence-electron chi connectivity index (χ4n) is 2.21. The number of anilines is 2. The second kappa shape index (κ2) is 7.56. The van der Waals surface area contributed by atoms with E-state index in [2.05, 4.69) is 51.6 Å². The Kier molecular flexibility index (Phi) is 5.00. The van der Waals surface area contributed by atoms with Gasteiger partial charge in [-0.15, -0.1) is 10.2 Å². The van der Waals surface area contributed by atoms with Gasteiger partial charge in [-0.1, -0.05) is 34.3 Å². The van der Waals surface area contributed by atoms with Crippen molar-refractivity contribution in [2.24, 2.45) is 0 Å². The maximum absolute atomic E-state index is 5.30. The minimum absolute atomic E-state index is 0.565. The smallest absolute Gasteiger partial charge is 0.237 e. The van der Waals surface area contributed by atoms with Gasteiger partial charge in [0.05, 0.1) is 5.75 Å². The van der Waals surface area contributed by atoms with Crippen molar-refractivity contribution in [3.63, 3.8) is 0 Å². The number of thiophene rings is 1. The molecule has 26 heavy (non-hydrogen) atoms. The van der Waals surface area contributed by atoms with Crippen LogP contribution in [0.4, 0.5) is 10.8 Å². The third-order valence-corrected chi connectivity index (χ3v) is 6.37. The SMILES string of the molecule is Cc1ccc(Nc2nnc(SCc3nc(-c4ccsc4)no3)s2)cc1C. The molecule has 0 aliphatic rings. The van der Waals surface area contributed by atoms with E-state index in [9.17, 15) is 0 Å². The number of aromatic nitrogens is 4. The van der Waals surface area contributed by atoms with Gasteiger partial charge in [0.2, 0.25) is 16.8 Å². The Morgan fingerprint density at radius 1 is 1.15 bits per heavy atom. The summed E-state index contributed by atoms with van der Waals surface area (Å²) in [6, 6.07) is 8.21. The van der Waals surface area contributed by atoms with Crippen molar-refractivity contribution < 1.29 is 4.52 Å². The molecule has 3 aromatic heterocycles. The van der Waals surface area contributed by atoms with Crippen LogP contribution >= 0.6 is 34.4 Å². The van der Waals surface area contributed by atoms with Crippen LogP contribution in [-0.2, 0) is 5.75 Å². The predicted octanol–water partition coefficient (Wildman–Crippen LogP) is 5.30. The molecule has 0 aliphatic heterocycles. The first-order valence-corrected chi connectivity index (χ1v) is 10.6. The van der Waals surface area contributed by atoms with Gasteiger partial charge in [-0.25, -0.2) is 0 Å². The van der Waals surface area contributed by atoms with Crippen LogP contribution in [0.1, 0.15) is 17.0 Å². The average Bonchev–Trinajstić information content (AvgIpc) is 3.37. The molecule has 1 aromatic carbocycles. The Bertz CT molecular complexity index is 1010. The molecule has 0 aliphatic carbocycles. The molecular formula is C17H15N5OS3. The second-order valence-corrected chi connectivity index (χ2v) is 8.59. The number of nitrogens with zero attached hydrogens (tertiary/aromatic N) is 4. The van der Waals surface area contributed by atoms with E-state index >= 15 is 0 Å². The summed E-state index contributed by atoms with van der Waals surface area (Å²) in [4.78, 5) is 4.41. The summed E-state index contributed by atoms with van der Waals surface area (Å²) in [6.07, 6.45) is 0. The molecule has 0 saturated heterocycles. The Hall–Kier alpha value is -2.23. The Labute approximate surface area is 162 Å². The first-order valence-electron chi connectivity index (χ1n) is 7.83. The number of thioether (sulfide) groups is 1. The summed E-state index contributed by atoms with van der Waals surface area (Å²) in [7, 11) is 0. The topological polar surface area (TPSA) is 76.7 Å².